The third-order valence-corrected chi connectivity index (χ3v) is 6.88. The third-order valence-electron chi connectivity index (χ3n) is 5.84. The van der Waals surface area contributed by atoms with Crippen LogP contribution >= 0.6 is 11.8 Å². The molecule has 0 aliphatic carbocycles. The van der Waals surface area contributed by atoms with Crippen LogP contribution in [0.3, 0.4) is 0 Å². The van der Waals surface area contributed by atoms with Crippen molar-refractivity contribution in [2.45, 2.75) is 44.3 Å². The van der Waals surface area contributed by atoms with E-state index < -0.39 is 0 Å². The molecule has 32 heavy (non-hydrogen) atoms. The topological polar surface area (TPSA) is 74.2 Å². The van der Waals surface area contributed by atoms with E-state index in [4.69, 9.17) is 0 Å². The molecule has 5 rings (SSSR count). The Morgan fingerprint density at radius 2 is 1.69 bits per heavy atom. The number of aromatic nitrogens is 5. The molecule has 3 heterocycles. The van der Waals surface area contributed by atoms with E-state index in [0.717, 1.165) is 27.6 Å². The molecule has 7 nitrogen and oxygen atoms in total. The average Bonchev–Trinajstić information content (AvgIpc) is 3.35. The fourth-order valence-electron chi connectivity index (χ4n) is 4.22. The smallest absolute Gasteiger partial charge is 0.293 e. The van der Waals surface area contributed by atoms with E-state index in [9.17, 15) is 9.59 Å². The molecule has 8 heteroatoms. The first kappa shape index (κ1) is 20.5. The fraction of sp³-hybridized carbons (Fsp3) is 0.250. The van der Waals surface area contributed by atoms with E-state index in [1.54, 1.807) is 9.13 Å². The molecular weight excluding hydrogens is 422 g/mol. The minimum atomic E-state index is -0.367. The molecule has 0 bridgehead atoms. The van der Waals surface area contributed by atoms with Gasteiger partial charge in [0.05, 0.1) is 21.8 Å². The van der Waals surface area contributed by atoms with Crippen molar-refractivity contribution in [2.24, 2.45) is 0 Å². The zero-order valence-corrected chi connectivity index (χ0v) is 19.0. The quantitative estimate of drug-likeness (QED) is 0.286. The highest BCUT2D eigenvalue weighted by Crippen LogP contribution is 2.28. The molecule has 0 aliphatic rings. The maximum absolute atomic E-state index is 13.3. The third kappa shape index (κ3) is 3.14. The number of hydrogen-bond donors (Lipinski definition) is 0. The van der Waals surface area contributed by atoms with Gasteiger partial charge in [-0.3, -0.25) is 18.3 Å². The first-order valence-electron chi connectivity index (χ1n) is 10.7. The summed E-state index contributed by atoms with van der Waals surface area (Å²) in [4.78, 5) is 25.9. The Morgan fingerprint density at radius 1 is 0.938 bits per heavy atom. The highest BCUT2D eigenvalue weighted by atomic mass is 32.2. The number of imidazole rings is 1. The van der Waals surface area contributed by atoms with Crippen molar-refractivity contribution in [3.8, 4) is 0 Å². The van der Waals surface area contributed by atoms with E-state index >= 15 is 0 Å². The second kappa shape index (κ2) is 7.94. The summed E-state index contributed by atoms with van der Waals surface area (Å²) in [5.41, 5.74) is 3.95. The number of para-hydroxylation sites is 1. The zero-order chi connectivity index (χ0) is 22.4. The number of pyridine rings is 1. The van der Waals surface area contributed by atoms with Crippen LogP contribution < -0.4 is 5.69 Å². The van der Waals surface area contributed by atoms with Crippen molar-refractivity contribution in [1.82, 2.24) is 23.7 Å². The lowest BCUT2D eigenvalue weighted by Crippen LogP contribution is -2.23. The average molecular weight is 446 g/mol. The summed E-state index contributed by atoms with van der Waals surface area (Å²) in [5.74, 6) is -0.00626. The van der Waals surface area contributed by atoms with E-state index in [0.29, 0.717) is 23.8 Å². The Labute approximate surface area is 188 Å². The number of hydrogen-bond acceptors (Lipinski definition) is 5. The van der Waals surface area contributed by atoms with Crippen LogP contribution in [0.2, 0.25) is 0 Å². The molecule has 0 amide bonds. The van der Waals surface area contributed by atoms with Crippen LogP contribution in [0.5, 0.6) is 0 Å². The molecule has 162 valence electrons. The Bertz CT molecular complexity index is 1550. The van der Waals surface area contributed by atoms with Crippen LogP contribution in [0.1, 0.15) is 31.1 Å². The van der Waals surface area contributed by atoms with Crippen LogP contribution in [0.15, 0.2) is 64.5 Å². The summed E-state index contributed by atoms with van der Waals surface area (Å²) in [5, 5.41) is 10.0. The van der Waals surface area contributed by atoms with Crippen molar-refractivity contribution in [3.05, 3.63) is 70.6 Å². The molecule has 0 N–H and O–H groups in total. The van der Waals surface area contributed by atoms with Gasteiger partial charge in [0, 0.05) is 18.7 Å². The highest BCUT2D eigenvalue weighted by Gasteiger charge is 2.22. The van der Waals surface area contributed by atoms with E-state index in [1.165, 1.54) is 11.8 Å². The van der Waals surface area contributed by atoms with Gasteiger partial charge in [-0.1, -0.05) is 30.0 Å². The van der Waals surface area contributed by atoms with Crippen molar-refractivity contribution < 1.29 is 4.79 Å². The predicted octanol–water partition coefficient (Wildman–Crippen LogP) is 4.40. The van der Waals surface area contributed by atoms with Gasteiger partial charge in [0.25, 0.3) is 0 Å². The van der Waals surface area contributed by atoms with E-state index in [2.05, 4.69) is 10.2 Å². The van der Waals surface area contributed by atoms with Gasteiger partial charge in [-0.05, 0) is 62.6 Å². The monoisotopic (exact) mass is 445 g/mol. The van der Waals surface area contributed by atoms with Crippen molar-refractivity contribution in [1.29, 1.82) is 0 Å². The number of rotatable bonds is 6. The first-order valence-corrected chi connectivity index (χ1v) is 11.6. The molecule has 0 spiro atoms. The van der Waals surface area contributed by atoms with Crippen molar-refractivity contribution >= 4 is 45.1 Å². The molecule has 0 radical (unpaired) electrons. The van der Waals surface area contributed by atoms with Crippen molar-refractivity contribution in [3.63, 3.8) is 0 Å². The number of benzene rings is 2. The van der Waals surface area contributed by atoms with E-state index in [-0.39, 0.29) is 16.7 Å². The summed E-state index contributed by atoms with van der Waals surface area (Å²) < 4.78 is 5.44. The van der Waals surface area contributed by atoms with Gasteiger partial charge in [-0.2, -0.15) is 0 Å². The van der Waals surface area contributed by atoms with Gasteiger partial charge in [-0.15, -0.1) is 10.2 Å². The summed E-state index contributed by atoms with van der Waals surface area (Å²) in [6.07, 6.45) is 0. The van der Waals surface area contributed by atoms with Crippen LogP contribution in [0, 0.1) is 0 Å². The molecule has 0 aliphatic heterocycles. The summed E-state index contributed by atoms with van der Waals surface area (Å²) in [6, 6.07) is 17.5. The molecule has 1 atom stereocenters. The van der Waals surface area contributed by atoms with Gasteiger partial charge >= 0.3 is 5.69 Å². The maximum Gasteiger partial charge on any atom is 0.329 e. The van der Waals surface area contributed by atoms with Crippen LogP contribution in [0.4, 0.5) is 0 Å². The number of carbonyl (C=O) groups is 1. The van der Waals surface area contributed by atoms with Gasteiger partial charge in [0.2, 0.25) is 0 Å². The number of thioether (sulfide) groups is 1. The lowest BCUT2D eigenvalue weighted by atomic mass is 10.1. The van der Waals surface area contributed by atoms with Crippen molar-refractivity contribution in [2.75, 3.05) is 0 Å². The van der Waals surface area contributed by atoms with Gasteiger partial charge in [0.15, 0.2) is 16.6 Å². The van der Waals surface area contributed by atoms with Gasteiger partial charge in [0.1, 0.15) is 0 Å². The predicted molar refractivity (Wildman–Crippen MR) is 128 cm³/mol. The van der Waals surface area contributed by atoms with E-state index in [1.807, 2.05) is 79.8 Å². The maximum atomic E-state index is 13.3. The molecule has 0 saturated heterocycles. The number of aryl methyl sites for hydroxylation is 2. The van der Waals surface area contributed by atoms with Crippen LogP contribution in [0.25, 0.3) is 27.6 Å². The molecule has 5 aromatic rings. The fourth-order valence-corrected chi connectivity index (χ4v) is 5.16. The Morgan fingerprint density at radius 3 is 2.47 bits per heavy atom. The lowest BCUT2D eigenvalue weighted by Gasteiger charge is -2.11. The Hall–Kier alpha value is -3.39. The lowest BCUT2D eigenvalue weighted by molar-refractivity contribution is 0.0994. The second-order valence-corrected chi connectivity index (χ2v) is 8.98. The SMILES string of the molecule is CCn1c(=O)n(CC)c2cc(C(=O)C(C)Sc3nnc4ccc5ccccc5n34)ccc21. The minimum absolute atomic E-state index is 0.00626. The Balaban J connectivity index is 1.51. The molecular formula is C24H23N5O2S. The number of nitrogens with zero attached hydrogens (tertiary/aromatic N) is 5. The van der Waals surface area contributed by atoms with Crippen LogP contribution in [-0.2, 0) is 13.1 Å². The summed E-state index contributed by atoms with van der Waals surface area (Å²) >= 11 is 1.39. The molecule has 0 saturated carbocycles. The number of ketones is 1. The molecule has 1 unspecified atom stereocenters. The zero-order valence-electron chi connectivity index (χ0n) is 18.1. The largest absolute Gasteiger partial charge is 0.329 e. The molecule has 0 fully saturated rings. The standard InChI is InChI=1S/C24H23N5O2S/c1-4-27-19-12-10-17(14-20(19)28(5-2)24(27)31)22(30)15(3)32-23-26-25-21-13-11-16-8-6-7-9-18(16)29(21)23/h6-15H,4-5H2,1-3H3. The van der Waals surface area contributed by atoms with Crippen LogP contribution in [-0.4, -0.2) is 34.8 Å². The summed E-state index contributed by atoms with van der Waals surface area (Å²) in [6.45, 7) is 6.92. The number of fused-ring (bicyclic) bond motifs is 4. The summed E-state index contributed by atoms with van der Waals surface area (Å²) in [7, 11) is 0. The minimum Gasteiger partial charge on any atom is -0.293 e. The first-order chi connectivity index (χ1) is 15.5. The van der Waals surface area contributed by atoms with Gasteiger partial charge < -0.3 is 0 Å². The number of Topliss-reactive ketones (excluding diaryl/α,β-unsaturated/α-hetero) is 1. The number of carbonyl (C=O) groups excluding carboxylic acids is 1. The second-order valence-electron chi connectivity index (χ2n) is 7.67. The normalized spacial score (nSPS) is 12.7. The Kier molecular flexibility index (Phi) is 5.09. The highest BCUT2D eigenvalue weighted by molar-refractivity contribution is 8.00. The van der Waals surface area contributed by atoms with Gasteiger partial charge in [-0.25, -0.2) is 4.79 Å². The molecule has 3 aromatic heterocycles. The molecule has 2 aromatic carbocycles.